The average molecular weight is 424 g/mol. The van der Waals surface area contributed by atoms with E-state index < -0.39 is 15.9 Å². The number of sulfonamides is 1. The summed E-state index contributed by atoms with van der Waals surface area (Å²) in [5.74, 6) is 0.139. The number of rotatable bonds is 8. The summed E-state index contributed by atoms with van der Waals surface area (Å²) < 4.78 is 25.9. The maximum atomic E-state index is 12.5. The number of nitrogens with one attached hydrogen (secondary N) is 2. The van der Waals surface area contributed by atoms with Crippen LogP contribution >= 0.6 is 35.0 Å². The number of halogens is 2. The van der Waals surface area contributed by atoms with E-state index in [0.29, 0.717) is 17.5 Å². The monoisotopic (exact) mass is 423 g/mol. The molecule has 136 valence electrons. The third kappa shape index (κ3) is 5.58. The maximum absolute atomic E-state index is 12.5. The van der Waals surface area contributed by atoms with Crippen molar-refractivity contribution in [3.63, 3.8) is 0 Å². The van der Waals surface area contributed by atoms with E-state index in [2.05, 4.69) is 20.5 Å². The number of aromatic amines is 1. The minimum absolute atomic E-state index is 0.0418. The lowest BCUT2D eigenvalue weighted by atomic mass is 10.4. The normalized spacial score (nSPS) is 11.7. The molecule has 0 aliphatic carbocycles. The largest absolute Gasteiger partial charge is 0.354 e. The molecule has 8 nitrogen and oxygen atoms in total. The quantitative estimate of drug-likeness (QED) is 0.493. The summed E-state index contributed by atoms with van der Waals surface area (Å²) in [6.07, 6.45) is 1.39. The van der Waals surface area contributed by atoms with Gasteiger partial charge in [-0.25, -0.2) is 13.4 Å². The van der Waals surface area contributed by atoms with Crippen LogP contribution in [0.15, 0.2) is 34.6 Å². The standard InChI is InChI=1S/C13H15Cl2N5O3S2/c1-20(25(22,23)11-6-9(14)2-3-10(11)15)7-12(21)16-4-5-24-13-17-8-18-19-13/h2-3,6,8H,4-5,7H2,1H3,(H,16,21)(H,17,18,19). The first-order chi connectivity index (χ1) is 11.8. The number of H-pyrrole nitrogens is 1. The second kappa shape index (κ2) is 8.86. The van der Waals surface area contributed by atoms with Gasteiger partial charge in [0.15, 0.2) is 5.16 Å². The molecule has 1 amide bonds. The minimum atomic E-state index is -3.93. The fourth-order valence-electron chi connectivity index (χ4n) is 1.79. The summed E-state index contributed by atoms with van der Waals surface area (Å²) in [7, 11) is -2.62. The van der Waals surface area contributed by atoms with E-state index in [1.54, 1.807) is 0 Å². The van der Waals surface area contributed by atoms with Crippen LogP contribution in [0.25, 0.3) is 0 Å². The third-order valence-corrected chi connectivity index (χ3v) is 6.40. The van der Waals surface area contributed by atoms with Gasteiger partial charge in [-0.3, -0.25) is 9.89 Å². The van der Waals surface area contributed by atoms with Crippen molar-refractivity contribution in [1.82, 2.24) is 24.8 Å². The molecule has 0 fully saturated rings. The van der Waals surface area contributed by atoms with Gasteiger partial charge in [-0.2, -0.15) is 9.40 Å². The topological polar surface area (TPSA) is 108 Å². The maximum Gasteiger partial charge on any atom is 0.244 e. The highest BCUT2D eigenvalue weighted by Gasteiger charge is 2.25. The zero-order valence-electron chi connectivity index (χ0n) is 13.1. The van der Waals surface area contributed by atoms with Crippen molar-refractivity contribution in [2.75, 3.05) is 25.9 Å². The summed E-state index contributed by atoms with van der Waals surface area (Å²) in [5, 5.41) is 9.95. The van der Waals surface area contributed by atoms with Gasteiger partial charge in [-0.1, -0.05) is 35.0 Å². The van der Waals surface area contributed by atoms with E-state index in [0.717, 1.165) is 4.31 Å². The van der Waals surface area contributed by atoms with Crippen LogP contribution in [0, 0.1) is 0 Å². The highest BCUT2D eigenvalue weighted by atomic mass is 35.5. The number of hydrogen-bond donors (Lipinski definition) is 2. The van der Waals surface area contributed by atoms with E-state index in [-0.39, 0.29) is 21.5 Å². The third-order valence-electron chi connectivity index (χ3n) is 3.00. The Balaban J connectivity index is 1.88. The van der Waals surface area contributed by atoms with E-state index in [9.17, 15) is 13.2 Å². The van der Waals surface area contributed by atoms with Crippen molar-refractivity contribution >= 4 is 50.9 Å². The summed E-state index contributed by atoms with van der Waals surface area (Å²) in [5.41, 5.74) is 0. The zero-order valence-corrected chi connectivity index (χ0v) is 16.2. The van der Waals surface area contributed by atoms with E-state index in [1.807, 2.05) is 0 Å². The molecule has 0 spiro atoms. The Morgan fingerprint density at radius 2 is 2.16 bits per heavy atom. The molecule has 0 bridgehead atoms. The predicted octanol–water partition coefficient (Wildman–Crippen LogP) is 1.64. The van der Waals surface area contributed by atoms with E-state index in [1.165, 1.54) is 43.3 Å². The lowest BCUT2D eigenvalue weighted by Crippen LogP contribution is -2.39. The average Bonchev–Trinajstić information content (AvgIpc) is 3.07. The summed E-state index contributed by atoms with van der Waals surface area (Å²) in [4.78, 5) is 15.7. The number of aromatic nitrogens is 3. The van der Waals surface area contributed by atoms with E-state index in [4.69, 9.17) is 23.2 Å². The van der Waals surface area contributed by atoms with Gasteiger partial charge in [0.25, 0.3) is 0 Å². The van der Waals surface area contributed by atoms with Gasteiger partial charge < -0.3 is 5.32 Å². The van der Waals surface area contributed by atoms with Crippen LogP contribution < -0.4 is 5.32 Å². The molecule has 0 saturated heterocycles. The highest BCUT2D eigenvalue weighted by molar-refractivity contribution is 7.99. The van der Waals surface area contributed by atoms with Crippen molar-refractivity contribution in [2.45, 2.75) is 10.1 Å². The number of thioether (sulfide) groups is 1. The fourth-order valence-corrected chi connectivity index (χ4v) is 4.28. The molecule has 0 radical (unpaired) electrons. The van der Waals surface area contributed by atoms with Crippen LogP contribution in [-0.2, 0) is 14.8 Å². The van der Waals surface area contributed by atoms with Gasteiger partial charge in [-0.05, 0) is 18.2 Å². The summed E-state index contributed by atoms with van der Waals surface area (Å²) in [6, 6.07) is 4.13. The molecule has 1 aromatic heterocycles. The van der Waals surface area contributed by atoms with Crippen molar-refractivity contribution in [1.29, 1.82) is 0 Å². The Morgan fingerprint density at radius 1 is 1.40 bits per heavy atom. The lowest BCUT2D eigenvalue weighted by molar-refractivity contribution is -0.121. The summed E-state index contributed by atoms with van der Waals surface area (Å²) in [6.45, 7) is 0.0220. The molecule has 0 atom stereocenters. The summed E-state index contributed by atoms with van der Waals surface area (Å²) >= 11 is 13.1. The van der Waals surface area contributed by atoms with Gasteiger partial charge in [0.05, 0.1) is 11.6 Å². The van der Waals surface area contributed by atoms with Crippen molar-refractivity contribution < 1.29 is 13.2 Å². The second-order valence-electron chi connectivity index (χ2n) is 4.82. The number of carbonyl (C=O) groups is 1. The van der Waals surface area contributed by atoms with Crippen LogP contribution in [0.2, 0.25) is 10.0 Å². The number of amides is 1. The second-order valence-corrected chi connectivity index (χ2v) is 8.77. The molecule has 1 heterocycles. The molecular weight excluding hydrogens is 409 g/mol. The first-order valence-electron chi connectivity index (χ1n) is 6.97. The number of carbonyl (C=O) groups excluding carboxylic acids is 1. The van der Waals surface area contributed by atoms with Crippen LogP contribution in [0.4, 0.5) is 0 Å². The first kappa shape index (κ1) is 20.0. The van der Waals surface area contributed by atoms with Crippen molar-refractivity contribution in [2.24, 2.45) is 0 Å². The highest BCUT2D eigenvalue weighted by Crippen LogP contribution is 2.27. The number of hydrogen-bond acceptors (Lipinski definition) is 6. The lowest BCUT2D eigenvalue weighted by Gasteiger charge is -2.17. The van der Waals surface area contributed by atoms with Crippen molar-refractivity contribution in [3.8, 4) is 0 Å². The molecule has 0 aliphatic heterocycles. The smallest absolute Gasteiger partial charge is 0.244 e. The molecule has 0 unspecified atom stereocenters. The van der Waals surface area contributed by atoms with Gasteiger partial charge in [-0.15, -0.1) is 0 Å². The molecular formula is C13H15Cl2N5O3S2. The molecule has 0 aliphatic rings. The Hall–Kier alpha value is -1.33. The van der Waals surface area contributed by atoms with Crippen LogP contribution in [0.3, 0.4) is 0 Å². The minimum Gasteiger partial charge on any atom is -0.354 e. The Kier molecular flexibility index (Phi) is 7.08. The number of nitrogens with zero attached hydrogens (tertiary/aromatic N) is 3. The molecule has 25 heavy (non-hydrogen) atoms. The molecule has 2 rings (SSSR count). The SMILES string of the molecule is CN(CC(=O)NCCSc1ncn[nH]1)S(=O)(=O)c1cc(Cl)ccc1Cl. The van der Waals surface area contributed by atoms with Gasteiger partial charge in [0.1, 0.15) is 11.2 Å². The Bertz CT molecular complexity index is 830. The Labute approximate surface area is 159 Å². The molecule has 1 aromatic carbocycles. The number of benzene rings is 1. The van der Waals surface area contributed by atoms with Gasteiger partial charge in [0, 0.05) is 24.4 Å². The fraction of sp³-hybridized carbons (Fsp3) is 0.308. The molecule has 2 N–H and O–H groups in total. The van der Waals surface area contributed by atoms with Crippen LogP contribution in [0.5, 0.6) is 0 Å². The van der Waals surface area contributed by atoms with Crippen LogP contribution in [-0.4, -0.2) is 59.7 Å². The predicted molar refractivity (Wildman–Crippen MR) is 96.4 cm³/mol. The van der Waals surface area contributed by atoms with Crippen molar-refractivity contribution in [3.05, 3.63) is 34.6 Å². The zero-order chi connectivity index (χ0) is 18.4. The van der Waals surface area contributed by atoms with Gasteiger partial charge >= 0.3 is 0 Å². The van der Waals surface area contributed by atoms with E-state index >= 15 is 0 Å². The molecule has 0 saturated carbocycles. The van der Waals surface area contributed by atoms with Gasteiger partial charge in [0.2, 0.25) is 15.9 Å². The van der Waals surface area contributed by atoms with Crippen LogP contribution in [0.1, 0.15) is 0 Å². The molecule has 12 heteroatoms. The Morgan fingerprint density at radius 3 is 2.84 bits per heavy atom. The first-order valence-corrected chi connectivity index (χ1v) is 10.1. The number of likely N-dealkylation sites (N-methyl/N-ethyl adjacent to an activating group) is 1. The molecule has 2 aromatic rings.